The van der Waals surface area contributed by atoms with Crippen LogP contribution in [0.4, 0.5) is 0 Å². The summed E-state index contributed by atoms with van der Waals surface area (Å²) < 4.78 is 25.7. The molecule has 8 rings (SSSR count). The molecule has 0 saturated heterocycles. The molecular weight excluding hydrogens is 500 g/mol. The Morgan fingerprint density at radius 3 is 1.32 bits per heavy atom. The van der Waals surface area contributed by atoms with Crippen molar-refractivity contribution in [1.29, 1.82) is 0 Å². The topological polar surface area (TPSA) is 78.3 Å². The van der Waals surface area contributed by atoms with Crippen LogP contribution in [0.2, 0.25) is 0 Å². The van der Waals surface area contributed by atoms with Gasteiger partial charge in [-0.25, -0.2) is 9.97 Å². The maximum atomic E-state index is 6.66. The van der Waals surface area contributed by atoms with E-state index in [-0.39, 0.29) is 0 Å². The van der Waals surface area contributed by atoms with Crippen LogP contribution in [-0.2, 0) is 0 Å². The zero-order valence-corrected chi connectivity index (χ0v) is 21.8. The van der Waals surface area contributed by atoms with Crippen LogP contribution in [0, 0.1) is 13.8 Å². The van der Waals surface area contributed by atoms with Crippen molar-refractivity contribution in [2.45, 2.75) is 13.8 Å². The van der Waals surface area contributed by atoms with Crippen molar-refractivity contribution in [2.24, 2.45) is 0 Å². The zero-order valence-electron chi connectivity index (χ0n) is 21.8. The molecule has 0 N–H and O–H groups in total. The highest BCUT2D eigenvalue weighted by molar-refractivity contribution is 6.07. The largest absolute Gasteiger partial charge is 0.446 e. The third-order valence-electron chi connectivity index (χ3n) is 7.12. The fourth-order valence-corrected chi connectivity index (χ4v) is 5.24. The van der Waals surface area contributed by atoms with Crippen molar-refractivity contribution in [1.82, 2.24) is 9.97 Å². The Bertz CT molecular complexity index is 2020. The molecule has 0 aliphatic heterocycles. The van der Waals surface area contributed by atoms with E-state index in [1.807, 2.05) is 111 Å². The maximum Gasteiger partial charge on any atom is 0.264 e. The number of furan rings is 2. The molecule has 0 aliphatic rings. The van der Waals surface area contributed by atoms with Gasteiger partial charge < -0.3 is 17.7 Å². The van der Waals surface area contributed by atoms with Gasteiger partial charge in [0.05, 0.1) is 11.1 Å². The van der Waals surface area contributed by atoms with Gasteiger partial charge in [-0.15, -0.1) is 0 Å². The van der Waals surface area contributed by atoms with Crippen molar-refractivity contribution >= 4 is 33.4 Å². The summed E-state index contributed by atoms with van der Waals surface area (Å²) in [7, 11) is 0. The highest BCUT2D eigenvalue weighted by Crippen LogP contribution is 2.49. The van der Waals surface area contributed by atoms with E-state index in [0.29, 0.717) is 45.6 Å². The lowest BCUT2D eigenvalue weighted by atomic mass is 10.0. The number of nitrogens with zero attached hydrogens (tertiary/aromatic N) is 2. The molecule has 0 fully saturated rings. The molecule has 0 saturated carbocycles. The van der Waals surface area contributed by atoms with Gasteiger partial charge in [0, 0.05) is 0 Å². The van der Waals surface area contributed by atoms with Gasteiger partial charge in [-0.3, -0.25) is 0 Å². The third kappa shape index (κ3) is 3.50. The molecule has 0 aliphatic carbocycles. The van der Waals surface area contributed by atoms with Gasteiger partial charge in [-0.05, 0) is 60.4 Å². The van der Waals surface area contributed by atoms with Crippen LogP contribution in [0.3, 0.4) is 0 Å². The van der Waals surface area contributed by atoms with Gasteiger partial charge in [0.1, 0.15) is 11.0 Å². The Balaban J connectivity index is 1.45. The number of oxazole rings is 2. The Labute approximate surface area is 228 Å². The molecule has 8 aromatic rings. The van der Waals surface area contributed by atoms with Crippen molar-refractivity contribution in [3.05, 3.63) is 108 Å². The van der Waals surface area contributed by atoms with Gasteiger partial charge in [0.25, 0.3) is 11.8 Å². The highest BCUT2D eigenvalue weighted by Gasteiger charge is 2.31. The second-order valence-electron chi connectivity index (χ2n) is 9.98. The highest BCUT2D eigenvalue weighted by atomic mass is 16.4. The summed E-state index contributed by atoms with van der Waals surface area (Å²) in [5.74, 6) is 1.80. The normalized spacial score (nSPS) is 11.8. The van der Waals surface area contributed by atoms with Crippen molar-refractivity contribution in [3.63, 3.8) is 0 Å². The molecule has 0 radical (unpaired) electrons. The molecule has 0 atom stereocenters. The van der Waals surface area contributed by atoms with Crippen LogP contribution in [0.1, 0.15) is 11.1 Å². The van der Waals surface area contributed by atoms with E-state index in [1.54, 1.807) is 0 Å². The molecular formula is C34H22N2O4. The quantitative estimate of drug-likeness (QED) is 0.229. The van der Waals surface area contributed by atoms with E-state index < -0.39 is 0 Å². The molecule has 4 aromatic heterocycles. The molecule has 0 spiro atoms. The molecule has 6 nitrogen and oxygen atoms in total. The summed E-state index contributed by atoms with van der Waals surface area (Å²) in [4.78, 5) is 9.58. The summed E-state index contributed by atoms with van der Waals surface area (Å²) in [6, 6.07) is 31.8. The van der Waals surface area contributed by atoms with Crippen molar-refractivity contribution in [2.75, 3.05) is 0 Å². The SMILES string of the molecule is Cc1ccc2oc(-c3oc4c(-c5ccccc5)c(-c5nc6cc(C)ccc6o5)oc4c3-c3ccccc3)nc2c1. The van der Waals surface area contributed by atoms with Crippen LogP contribution in [0.25, 0.3) is 78.9 Å². The lowest BCUT2D eigenvalue weighted by Crippen LogP contribution is -1.82. The molecule has 4 aromatic carbocycles. The van der Waals surface area contributed by atoms with Gasteiger partial charge in [0.15, 0.2) is 22.3 Å². The molecule has 4 heterocycles. The van der Waals surface area contributed by atoms with E-state index in [9.17, 15) is 0 Å². The molecule has 40 heavy (non-hydrogen) atoms. The maximum absolute atomic E-state index is 6.66. The summed E-state index contributed by atoms with van der Waals surface area (Å²) in [6.45, 7) is 4.06. The number of benzene rings is 4. The van der Waals surface area contributed by atoms with Crippen molar-refractivity contribution in [3.8, 4) is 45.6 Å². The Kier molecular flexibility index (Phi) is 4.85. The summed E-state index contributed by atoms with van der Waals surface area (Å²) in [5.41, 5.74) is 9.65. The van der Waals surface area contributed by atoms with Crippen LogP contribution in [0.15, 0.2) is 115 Å². The minimum absolute atomic E-state index is 0.392. The number of hydrogen-bond donors (Lipinski definition) is 0. The number of aryl methyl sites for hydroxylation is 2. The minimum Gasteiger partial charge on any atom is -0.446 e. The van der Waals surface area contributed by atoms with Crippen LogP contribution >= 0.6 is 0 Å². The Morgan fingerprint density at radius 1 is 0.475 bits per heavy atom. The standard InChI is InChI=1S/C34H22N2O4/c1-19-13-15-25-23(17-19)35-33(37-25)31-27(21-9-5-3-6-10-21)29-30(39-31)28(22-11-7-4-8-12-22)32(40-29)34-36-24-18-20(2)14-16-26(24)38-34/h3-18H,1-2H3. The summed E-state index contributed by atoms with van der Waals surface area (Å²) in [6.07, 6.45) is 0. The molecule has 192 valence electrons. The van der Waals surface area contributed by atoms with E-state index >= 15 is 0 Å². The second kappa shape index (κ2) is 8.58. The first-order valence-corrected chi connectivity index (χ1v) is 13.1. The fraction of sp³-hybridized carbons (Fsp3) is 0.0588. The van der Waals surface area contributed by atoms with E-state index in [2.05, 4.69) is 0 Å². The van der Waals surface area contributed by atoms with Crippen molar-refractivity contribution < 1.29 is 17.7 Å². The van der Waals surface area contributed by atoms with Crippen LogP contribution < -0.4 is 0 Å². The average molecular weight is 523 g/mol. The zero-order chi connectivity index (χ0) is 26.8. The smallest absolute Gasteiger partial charge is 0.264 e. The van der Waals surface area contributed by atoms with Gasteiger partial charge >= 0.3 is 0 Å². The minimum atomic E-state index is 0.392. The Morgan fingerprint density at radius 2 is 0.900 bits per heavy atom. The number of hydrogen-bond acceptors (Lipinski definition) is 6. The van der Waals surface area contributed by atoms with Crippen LogP contribution in [-0.4, -0.2) is 9.97 Å². The number of rotatable bonds is 4. The van der Waals surface area contributed by atoms with E-state index in [4.69, 9.17) is 27.6 Å². The van der Waals surface area contributed by atoms with E-state index in [0.717, 1.165) is 44.4 Å². The summed E-state index contributed by atoms with van der Waals surface area (Å²) >= 11 is 0. The number of fused-ring (bicyclic) bond motifs is 3. The Hall–Kier alpha value is -5.36. The lowest BCUT2D eigenvalue weighted by molar-refractivity contribution is 0.560. The third-order valence-corrected chi connectivity index (χ3v) is 7.12. The predicted octanol–water partition coefficient (Wildman–Crippen LogP) is 9.59. The first-order valence-electron chi connectivity index (χ1n) is 13.1. The van der Waals surface area contributed by atoms with E-state index in [1.165, 1.54) is 0 Å². The molecule has 0 bridgehead atoms. The first-order chi connectivity index (χ1) is 19.6. The predicted molar refractivity (Wildman–Crippen MR) is 155 cm³/mol. The monoisotopic (exact) mass is 522 g/mol. The average Bonchev–Trinajstić information content (AvgIpc) is 3.74. The van der Waals surface area contributed by atoms with Gasteiger partial charge in [-0.1, -0.05) is 72.8 Å². The van der Waals surface area contributed by atoms with Gasteiger partial charge in [0.2, 0.25) is 11.5 Å². The molecule has 0 unspecified atom stereocenters. The van der Waals surface area contributed by atoms with Crippen LogP contribution in [0.5, 0.6) is 0 Å². The lowest BCUT2D eigenvalue weighted by Gasteiger charge is -2.02. The molecule has 0 amide bonds. The number of aromatic nitrogens is 2. The fourth-order valence-electron chi connectivity index (χ4n) is 5.24. The first kappa shape index (κ1) is 22.6. The second-order valence-corrected chi connectivity index (χ2v) is 9.98. The van der Waals surface area contributed by atoms with Gasteiger partial charge in [-0.2, -0.15) is 0 Å². The molecule has 6 heteroatoms. The summed E-state index contributed by atoms with van der Waals surface area (Å²) in [5, 5.41) is 0.